The number of carbonyl (C=O) groups excluding carboxylic acids is 1. The summed E-state index contributed by atoms with van der Waals surface area (Å²) in [5, 5.41) is 3.06. The van der Waals surface area contributed by atoms with E-state index in [-0.39, 0.29) is 30.7 Å². The van der Waals surface area contributed by atoms with Gasteiger partial charge in [-0.1, -0.05) is 56.0 Å². The lowest BCUT2D eigenvalue weighted by atomic mass is 9.76. The van der Waals surface area contributed by atoms with Crippen LogP contribution >= 0.6 is 11.8 Å². The standard InChI is InChI=1S/C23H21F3N2OS.H2/c1-12-21-11-22(25,26)18(21)23(21,20(2)14-9-6-10-15(24)16(14)20)28-19(30-12)27-17(29)13-7-4-3-5-8-13;/h3-10,12,14,16,18H,11H2,1-2H3,(H,27,28,29);1H/t12-,14?,16?,18?,20?,21?,23-;/m1./s1. The van der Waals surface area contributed by atoms with E-state index in [9.17, 15) is 18.0 Å². The predicted octanol–water partition coefficient (Wildman–Crippen LogP) is 5.22. The number of halogens is 3. The molecule has 7 heteroatoms. The molecule has 1 heterocycles. The number of hydrogen-bond acceptors (Lipinski definition) is 3. The molecule has 5 aliphatic rings. The van der Waals surface area contributed by atoms with Gasteiger partial charge in [0.05, 0.1) is 11.5 Å². The molecule has 0 aromatic heterocycles. The van der Waals surface area contributed by atoms with Crippen molar-refractivity contribution in [3.05, 3.63) is 60.0 Å². The van der Waals surface area contributed by atoms with Crippen molar-refractivity contribution in [3.63, 3.8) is 0 Å². The van der Waals surface area contributed by atoms with Crippen LogP contribution in [-0.2, 0) is 0 Å². The molecule has 1 aromatic carbocycles. The van der Waals surface area contributed by atoms with Gasteiger partial charge in [-0.3, -0.25) is 9.79 Å². The number of alkyl halides is 2. The van der Waals surface area contributed by atoms with E-state index in [4.69, 9.17) is 4.99 Å². The number of rotatable bonds is 2. The first-order valence-electron chi connectivity index (χ1n) is 10.2. The molecule has 3 saturated carbocycles. The van der Waals surface area contributed by atoms with Crippen LogP contribution in [0.5, 0.6) is 0 Å². The molecule has 1 spiro atoms. The molecular weight excluding hydrogens is 409 g/mol. The van der Waals surface area contributed by atoms with Crippen molar-refractivity contribution < 1.29 is 19.4 Å². The van der Waals surface area contributed by atoms with Crippen LogP contribution in [0.15, 0.2) is 59.4 Å². The van der Waals surface area contributed by atoms with Gasteiger partial charge in [0.15, 0.2) is 5.17 Å². The summed E-state index contributed by atoms with van der Waals surface area (Å²) in [7, 11) is 0. The lowest BCUT2D eigenvalue weighted by molar-refractivity contribution is -0.117. The molecule has 30 heavy (non-hydrogen) atoms. The maximum Gasteiger partial charge on any atom is 0.257 e. The fraction of sp³-hybridized carbons (Fsp3) is 0.478. The topological polar surface area (TPSA) is 41.5 Å². The highest BCUT2D eigenvalue weighted by molar-refractivity contribution is 8.14. The van der Waals surface area contributed by atoms with Crippen molar-refractivity contribution in [2.24, 2.45) is 33.6 Å². The Hall–Kier alpha value is -2.02. The van der Waals surface area contributed by atoms with Crippen LogP contribution in [0.2, 0.25) is 0 Å². The number of carbonyl (C=O) groups is 1. The molecular formula is C23H23F3N2OS. The van der Waals surface area contributed by atoms with E-state index >= 15 is 0 Å². The Bertz CT molecular complexity index is 1080. The predicted molar refractivity (Wildman–Crippen MR) is 112 cm³/mol. The highest BCUT2D eigenvalue weighted by Gasteiger charge is 3.02. The molecule has 6 rings (SSSR count). The number of fused-ring (bicyclic) bond motifs is 2. The Morgan fingerprint density at radius 1 is 1.30 bits per heavy atom. The fourth-order valence-electron chi connectivity index (χ4n) is 7.06. The third-order valence-electron chi connectivity index (χ3n) is 8.34. The number of amidine groups is 1. The number of amides is 1. The van der Waals surface area contributed by atoms with E-state index in [0.717, 1.165) is 0 Å². The minimum Gasteiger partial charge on any atom is -0.301 e. The Kier molecular flexibility index (Phi) is 3.38. The van der Waals surface area contributed by atoms with E-state index < -0.39 is 34.1 Å². The Balaban J connectivity index is 0.00000204. The quantitative estimate of drug-likeness (QED) is 0.696. The summed E-state index contributed by atoms with van der Waals surface area (Å²) in [5.41, 5.74) is -1.91. The van der Waals surface area contributed by atoms with Gasteiger partial charge >= 0.3 is 0 Å². The first-order valence-corrected chi connectivity index (χ1v) is 11.1. The second-order valence-corrected chi connectivity index (χ2v) is 10.7. The highest BCUT2D eigenvalue weighted by atomic mass is 32.2. The third kappa shape index (κ3) is 1.88. The van der Waals surface area contributed by atoms with Crippen molar-refractivity contribution in [2.45, 2.75) is 37.0 Å². The maximum atomic E-state index is 14.8. The third-order valence-corrected chi connectivity index (χ3v) is 9.53. The van der Waals surface area contributed by atoms with Gasteiger partial charge in [-0.2, -0.15) is 0 Å². The van der Waals surface area contributed by atoms with Crippen LogP contribution in [-0.4, -0.2) is 27.8 Å². The van der Waals surface area contributed by atoms with Crippen LogP contribution in [0.1, 0.15) is 32.1 Å². The van der Waals surface area contributed by atoms with Gasteiger partial charge in [-0.15, -0.1) is 0 Å². The smallest absolute Gasteiger partial charge is 0.257 e. The van der Waals surface area contributed by atoms with Crippen LogP contribution < -0.4 is 5.32 Å². The second kappa shape index (κ2) is 5.42. The first kappa shape index (κ1) is 18.7. The minimum atomic E-state index is -2.81. The normalized spacial score (nSPS) is 46.3. The Labute approximate surface area is 178 Å². The molecule has 3 nitrogen and oxygen atoms in total. The molecule has 0 radical (unpaired) electrons. The summed E-state index contributed by atoms with van der Waals surface area (Å²) in [6.45, 7) is 3.85. The van der Waals surface area contributed by atoms with Crippen LogP contribution in [0.4, 0.5) is 13.2 Å². The van der Waals surface area contributed by atoms with Crippen molar-refractivity contribution in [3.8, 4) is 0 Å². The molecule has 0 bridgehead atoms. The average molecular weight is 433 g/mol. The molecule has 1 N–H and O–H groups in total. The van der Waals surface area contributed by atoms with Crippen molar-refractivity contribution in [1.29, 1.82) is 0 Å². The summed E-state index contributed by atoms with van der Waals surface area (Å²) in [6, 6.07) is 8.74. The lowest BCUT2D eigenvalue weighted by Crippen LogP contribution is -2.46. The first-order chi connectivity index (χ1) is 14.2. The zero-order valence-corrected chi connectivity index (χ0v) is 17.3. The van der Waals surface area contributed by atoms with Crippen LogP contribution in [0.3, 0.4) is 0 Å². The summed E-state index contributed by atoms with van der Waals surface area (Å²) in [4.78, 5) is 17.5. The van der Waals surface area contributed by atoms with E-state index in [0.29, 0.717) is 10.7 Å². The zero-order valence-electron chi connectivity index (χ0n) is 16.5. The lowest BCUT2D eigenvalue weighted by Gasteiger charge is -2.40. The number of allylic oxidation sites excluding steroid dienone is 4. The zero-order chi connectivity index (χ0) is 21.1. The van der Waals surface area contributed by atoms with Crippen molar-refractivity contribution in [1.82, 2.24) is 5.32 Å². The molecule has 0 saturated heterocycles. The number of thioether (sulfide) groups is 1. The molecule has 1 aliphatic heterocycles. The molecule has 1 aromatic rings. The van der Waals surface area contributed by atoms with Gasteiger partial charge in [0.25, 0.3) is 11.8 Å². The van der Waals surface area contributed by atoms with Crippen LogP contribution in [0.25, 0.3) is 0 Å². The van der Waals surface area contributed by atoms with Crippen molar-refractivity contribution >= 4 is 22.8 Å². The van der Waals surface area contributed by atoms with Crippen molar-refractivity contribution in [2.75, 3.05) is 0 Å². The van der Waals surface area contributed by atoms with Gasteiger partial charge in [0, 0.05) is 35.4 Å². The van der Waals surface area contributed by atoms with E-state index in [1.54, 1.807) is 30.3 Å². The Morgan fingerprint density at radius 3 is 2.70 bits per heavy atom. The summed E-state index contributed by atoms with van der Waals surface area (Å²) in [5.74, 6) is -4.82. The number of hydrogen-bond donors (Lipinski definition) is 1. The molecule has 158 valence electrons. The SMILES string of the molecule is C[C@H]1SC(NC(=O)c2ccccc2)=N[C@@]2(C3(C)C4C=CC=C(F)C43)C3C(F)(F)CC312.[HH]. The largest absolute Gasteiger partial charge is 0.301 e. The number of aliphatic imine (C=N–C) groups is 1. The van der Waals surface area contributed by atoms with Crippen LogP contribution in [0, 0.1) is 28.6 Å². The number of benzene rings is 1. The molecule has 7 atom stereocenters. The van der Waals surface area contributed by atoms with Gasteiger partial charge in [0.1, 0.15) is 5.83 Å². The number of nitrogens with one attached hydrogen (secondary N) is 1. The highest BCUT2D eigenvalue weighted by Crippen LogP contribution is 2.94. The summed E-state index contributed by atoms with van der Waals surface area (Å²) < 4.78 is 44.2. The van der Waals surface area contributed by atoms with Gasteiger partial charge in [-0.25, -0.2) is 13.2 Å². The monoisotopic (exact) mass is 432 g/mol. The van der Waals surface area contributed by atoms with E-state index in [2.05, 4.69) is 5.32 Å². The fourth-order valence-corrected chi connectivity index (χ4v) is 8.35. The number of nitrogens with zero attached hydrogens (tertiary/aromatic N) is 1. The molecule has 3 fully saturated rings. The second-order valence-electron chi connectivity index (χ2n) is 9.40. The molecule has 4 aliphatic carbocycles. The van der Waals surface area contributed by atoms with E-state index in [1.165, 1.54) is 17.8 Å². The maximum absolute atomic E-state index is 14.8. The summed E-state index contributed by atoms with van der Waals surface area (Å²) in [6.07, 6.45) is 4.82. The average Bonchev–Trinajstić information content (AvgIpc) is 3.51. The van der Waals surface area contributed by atoms with Gasteiger partial charge < -0.3 is 5.32 Å². The molecule has 1 amide bonds. The summed E-state index contributed by atoms with van der Waals surface area (Å²) >= 11 is 1.35. The van der Waals surface area contributed by atoms with Gasteiger partial charge in [0.2, 0.25) is 0 Å². The van der Waals surface area contributed by atoms with Gasteiger partial charge in [-0.05, 0) is 24.1 Å². The molecule has 5 unspecified atom stereocenters. The van der Waals surface area contributed by atoms with E-state index in [1.807, 2.05) is 26.0 Å². The Morgan fingerprint density at radius 2 is 2.03 bits per heavy atom. The minimum absolute atomic E-state index is 0.